The summed E-state index contributed by atoms with van der Waals surface area (Å²) in [6.45, 7) is 2.01. The number of nitrogens with two attached hydrogens (primary N) is 1. The van der Waals surface area contributed by atoms with E-state index >= 15 is 0 Å². The maximum absolute atomic E-state index is 6.02. The van der Waals surface area contributed by atoms with E-state index < -0.39 is 0 Å². The lowest BCUT2D eigenvalue weighted by molar-refractivity contribution is 0.820. The summed E-state index contributed by atoms with van der Waals surface area (Å²) in [5.41, 5.74) is 9.37. The van der Waals surface area contributed by atoms with Gasteiger partial charge in [-0.25, -0.2) is 4.98 Å². The fourth-order valence-electron chi connectivity index (χ4n) is 2.08. The van der Waals surface area contributed by atoms with Gasteiger partial charge < -0.3 is 5.73 Å². The zero-order valence-electron chi connectivity index (χ0n) is 10.1. The molecule has 0 amide bonds. The molecule has 90 valence electrons. The van der Waals surface area contributed by atoms with E-state index in [1.807, 2.05) is 37.3 Å². The molecule has 3 heteroatoms. The van der Waals surface area contributed by atoms with Crippen LogP contribution in [0.25, 0.3) is 20.8 Å². The number of fused-ring (bicyclic) bond motifs is 1. The fourth-order valence-corrected chi connectivity index (χ4v) is 3.09. The average Bonchev–Trinajstić information content (AvgIpc) is 2.82. The first kappa shape index (κ1) is 11.4. The minimum Gasteiger partial charge on any atom is -0.324 e. The third-order valence-corrected chi connectivity index (χ3v) is 4.05. The van der Waals surface area contributed by atoms with Crippen molar-refractivity contribution in [2.45, 2.75) is 13.0 Å². The summed E-state index contributed by atoms with van der Waals surface area (Å²) in [5.74, 6) is 0. The van der Waals surface area contributed by atoms with E-state index in [2.05, 4.69) is 23.2 Å². The van der Waals surface area contributed by atoms with Crippen molar-refractivity contribution in [3.63, 3.8) is 0 Å². The fraction of sp³-hybridized carbons (Fsp3) is 0.133. The first-order valence-electron chi connectivity index (χ1n) is 5.96. The van der Waals surface area contributed by atoms with E-state index in [0.717, 1.165) is 21.7 Å². The zero-order chi connectivity index (χ0) is 12.5. The van der Waals surface area contributed by atoms with Gasteiger partial charge in [0.2, 0.25) is 0 Å². The topological polar surface area (TPSA) is 38.9 Å². The molecule has 1 heterocycles. The Kier molecular flexibility index (Phi) is 2.86. The van der Waals surface area contributed by atoms with Crippen LogP contribution in [-0.2, 0) is 0 Å². The highest BCUT2D eigenvalue weighted by Crippen LogP contribution is 2.33. The summed E-state index contributed by atoms with van der Waals surface area (Å²) < 4.78 is 1.21. The number of para-hydroxylation sites is 1. The molecule has 0 saturated heterocycles. The molecule has 2 aromatic carbocycles. The smallest absolute Gasteiger partial charge is 0.124 e. The average molecular weight is 254 g/mol. The van der Waals surface area contributed by atoms with Crippen LogP contribution in [-0.4, -0.2) is 4.98 Å². The third-order valence-electron chi connectivity index (χ3n) is 2.98. The van der Waals surface area contributed by atoms with Crippen molar-refractivity contribution in [3.8, 4) is 10.6 Å². The second-order valence-corrected chi connectivity index (χ2v) is 5.39. The Hall–Kier alpha value is -1.71. The predicted octanol–water partition coefficient (Wildman–Crippen LogP) is 3.98. The summed E-state index contributed by atoms with van der Waals surface area (Å²) in [7, 11) is 0. The molecule has 0 bridgehead atoms. The van der Waals surface area contributed by atoms with Gasteiger partial charge in [-0.1, -0.05) is 36.4 Å². The summed E-state index contributed by atoms with van der Waals surface area (Å²) in [4.78, 5) is 4.69. The number of nitrogens with zero attached hydrogens (tertiary/aromatic N) is 1. The molecule has 0 aliphatic heterocycles. The summed E-state index contributed by atoms with van der Waals surface area (Å²) >= 11 is 1.72. The Morgan fingerprint density at radius 2 is 1.78 bits per heavy atom. The Balaban J connectivity index is 2.20. The van der Waals surface area contributed by atoms with Gasteiger partial charge in [0.25, 0.3) is 0 Å². The van der Waals surface area contributed by atoms with Gasteiger partial charge in [0.05, 0.1) is 10.2 Å². The van der Waals surface area contributed by atoms with Gasteiger partial charge in [-0.15, -0.1) is 11.3 Å². The van der Waals surface area contributed by atoms with Crippen LogP contribution >= 0.6 is 11.3 Å². The molecule has 0 fully saturated rings. The molecular formula is C15H14N2S. The van der Waals surface area contributed by atoms with Gasteiger partial charge in [0, 0.05) is 11.6 Å². The largest absolute Gasteiger partial charge is 0.324 e. The molecule has 1 atom stereocenters. The first-order valence-corrected chi connectivity index (χ1v) is 6.78. The molecule has 1 unspecified atom stereocenters. The lowest BCUT2D eigenvalue weighted by atomic mass is 10.0. The van der Waals surface area contributed by atoms with Gasteiger partial charge in [0.1, 0.15) is 5.01 Å². The standard InChI is InChI=1S/C15H14N2S/c1-10(16)11-6-2-3-7-12(11)15-17-13-8-4-5-9-14(13)18-15/h2-10H,16H2,1H3. The molecular weight excluding hydrogens is 240 g/mol. The second-order valence-electron chi connectivity index (χ2n) is 4.36. The second kappa shape index (κ2) is 4.52. The highest BCUT2D eigenvalue weighted by Gasteiger charge is 2.11. The molecule has 0 saturated carbocycles. The van der Waals surface area contributed by atoms with Crippen LogP contribution in [0.4, 0.5) is 0 Å². The summed E-state index contributed by atoms with van der Waals surface area (Å²) in [6, 6.07) is 16.5. The molecule has 0 aliphatic rings. The Morgan fingerprint density at radius 1 is 1.06 bits per heavy atom. The van der Waals surface area contributed by atoms with Crippen molar-refractivity contribution < 1.29 is 0 Å². The van der Waals surface area contributed by atoms with Gasteiger partial charge in [-0.2, -0.15) is 0 Å². The quantitative estimate of drug-likeness (QED) is 0.751. The minimum atomic E-state index is 0.0215. The number of thiazole rings is 1. The highest BCUT2D eigenvalue weighted by atomic mass is 32.1. The number of hydrogen-bond donors (Lipinski definition) is 1. The zero-order valence-corrected chi connectivity index (χ0v) is 10.9. The van der Waals surface area contributed by atoms with Crippen LogP contribution in [0, 0.1) is 0 Å². The van der Waals surface area contributed by atoms with Crippen molar-refractivity contribution in [1.29, 1.82) is 0 Å². The van der Waals surface area contributed by atoms with Crippen LogP contribution in [0.15, 0.2) is 48.5 Å². The molecule has 0 aliphatic carbocycles. The van der Waals surface area contributed by atoms with Crippen molar-refractivity contribution in [2.75, 3.05) is 0 Å². The normalized spacial score (nSPS) is 12.8. The molecule has 0 radical (unpaired) electrons. The number of rotatable bonds is 2. The van der Waals surface area contributed by atoms with Gasteiger partial charge >= 0.3 is 0 Å². The first-order chi connectivity index (χ1) is 8.75. The van der Waals surface area contributed by atoms with Gasteiger partial charge in [-0.3, -0.25) is 0 Å². The molecule has 2 nitrogen and oxygen atoms in total. The maximum atomic E-state index is 6.02. The van der Waals surface area contributed by atoms with E-state index in [0.29, 0.717) is 0 Å². The minimum absolute atomic E-state index is 0.0215. The molecule has 3 aromatic rings. The highest BCUT2D eigenvalue weighted by molar-refractivity contribution is 7.21. The van der Waals surface area contributed by atoms with E-state index in [1.165, 1.54) is 4.70 Å². The molecule has 18 heavy (non-hydrogen) atoms. The number of benzene rings is 2. The Bertz CT molecular complexity index is 653. The summed E-state index contributed by atoms with van der Waals surface area (Å²) in [5, 5.41) is 1.05. The van der Waals surface area contributed by atoms with E-state index in [-0.39, 0.29) is 6.04 Å². The van der Waals surface area contributed by atoms with Gasteiger partial charge in [-0.05, 0) is 24.6 Å². The lowest BCUT2D eigenvalue weighted by Crippen LogP contribution is -2.06. The van der Waals surface area contributed by atoms with Crippen LogP contribution < -0.4 is 5.73 Å². The Labute approximate surface area is 110 Å². The van der Waals surface area contributed by atoms with Crippen LogP contribution in [0.2, 0.25) is 0 Å². The van der Waals surface area contributed by atoms with Crippen molar-refractivity contribution in [3.05, 3.63) is 54.1 Å². The molecule has 0 spiro atoms. The number of hydrogen-bond acceptors (Lipinski definition) is 3. The predicted molar refractivity (Wildman–Crippen MR) is 77.7 cm³/mol. The Morgan fingerprint density at radius 3 is 2.56 bits per heavy atom. The van der Waals surface area contributed by atoms with E-state index in [4.69, 9.17) is 5.73 Å². The van der Waals surface area contributed by atoms with E-state index in [1.54, 1.807) is 11.3 Å². The van der Waals surface area contributed by atoms with Crippen molar-refractivity contribution >= 4 is 21.6 Å². The maximum Gasteiger partial charge on any atom is 0.124 e. The van der Waals surface area contributed by atoms with Crippen LogP contribution in [0.3, 0.4) is 0 Å². The third kappa shape index (κ3) is 1.92. The SMILES string of the molecule is CC(N)c1ccccc1-c1nc2ccccc2s1. The van der Waals surface area contributed by atoms with E-state index in [9.17, 15) is 0 Å². The molecule has 1 aromatic heterocycles. The summed E-state index contributed by atoms with van der Waals surface area (Å²) in [6.07, 6.45) is 0. The molecule has 3 rings (SSSR count). The van der Waals surface area contributed by atoms with Crippen molar-refractivity contribution in [2.24, 2.45) is 5.73 Å². The molecule has 2 N–H and O–H groups in total. The lowest BCUT2D eigenvalue weighted by Gasteiger charge is -2.09. The number of aromatic nitrogens is 1. The van der Waals surface area contributed by atoms with Crippen LogP contribution in [0.5, 0.6) is 0 Å². The monoisotopic (exact) mass is 254 g/mol. The van der Waals surface area contributed by atoms with Gasteiger partial charge in [0.15, 0.2) is 0 Å². The van der Waals surface area contributed by atoms with Crippen molar-refractivity contribution in [1.82, 2.24) is 4.98 Å². The van der Waals surface area contributed by atoms with Crippen LogP contribution in [0.1, 0.15) is 18.5 Å².